The van der Waals surface area contributed by atoms with E-state index in [0.717, 1.165) is 48.0 Å². The van der Waals surface area contributed by atoms with E-state index in [1.807, 2.05) is 31.2 Å². The summed E-state index contributed by atoms with van der Waals surface area (Å²) in [5, 5.41) is 9.60. The number of nitrogens with zero attached hydrogens (tertiary/aromatic N) is 1. The summed E-state index contributed by atoms with van der Waals surface area (Å²) in [6.07, 6.45) is 3.44. The lowest BCUT2D eigenvalue weighted by atomic mass is 9.91. The maximum atomic E-state index is 12.7. The molecule has 1 amide bonds. The molecule has 0 aromatic heterocycles. The number of fused-ring (bicyclic) bond motifs is 1. The molecule has 0 spiro atoms. The van der Waals surface area contributed by atoms with Crippen LogP contribution in [0.25, 0.3) is 0 Å². The number of benzene rings is 1. The fourth-order valence-electron chi connectivity index (χ4n) is 3.41. The molecule has 110 valence electrons. The van der Waals surface area contributed by atoms with Gasteiger partial charge in [-0.05, 0) is 43.7 Å². The molecule has 1 aliphatic carbocycles. The van der Waals surface area contributed by atoms with Gasteiger partial charge in [0.2, 0.25) is 0 Å². The van der Waals surface area contributed by atoms with Crippen LogP contribution in [-0.4, -0.2) is 28.4 Å². The Kier molecular flexibility index (Phi) is 3.53. The standard InChI is InChI=1S/C17H19NO3/c1-11-5-4-8-13(11)16(19)18-10-9-12-6-2-3-7-14(12)15(18)17(20)21/h2-3,6-7,15H,4-5,8-10H2,1H3,(H,20,21). The lowest BCUT2D eigenvalue weighted by Crippen LogP contribution is -2.44. The zero-order valence-electron chi connectivity index (χ0n) is 12.1. The van der Waals surface area contributed by atoms with E-state index in [1.165, 1.54) is 4.90 Å². The van der Waals surface area contributed by atoms with Crippen molar-refractivity contribution >= 4 is 11.9 Å². The second kappa shape index (κ2) is 5.35. The molecule has 1 heterocycles. The Morgan fingerprint density at radius 2 is 1.95 bits per heavy atom. The molecule has 0 saturated heterocycles. The van der Waals surface area contributed by atoms with Crippen molar-refractivity contribution in [3.8, 4) is 0 Å². The summed E-state index contributed by atoms with van der Waals surface area (Å²) >= 11 is 0. The van der Waals surface area contributed by atoms with Crippen LogP contribution in [-0.2, 0) is 16.0 Å². The first-order valence-electron chi connectivity index (χ1n) is 7.40. The van der Waals surface area contributed by atoms with Gasteiger partial charge in [-0.25, -0.2) is 4.79 Å². The van der Waals surface area contributed by atoms with Crippen molar-refractivity contribution in [2.75, 3.05) is 6.54 Å². The maximum Gasteiger partial charge on any atom is 0.331 e. The lowest BCUT2D eigenvalue weighted by molar-refractivity contribution is -0.149. The second-order valence-electron chi connectivity index (χ2n) is 5.80. The normalized spacial score (nSPS) is 21.4. The minimum Gasteiger partial charge on any atom is -0.479 e. The largest absolute Gasteiger partial charge is 0.479 e. The van der Waals surface area contributed by atoms with Crippen LogP contribution in [0.3, 0.4) is 0 Å². The SMILES string of the molecule is CC1=C(C(=O)N2CCc3ccccc3C2C(=O)O)CCC1. The zero-order chi connectivity index (χ0) is 15.0. The average molecular weight is 285 g/mol. The highest BCUT2D eigenvalue weighted by Crippen LogP contribution is 2.34. The predicted octanol–water partition coefficient (Wildman–Crippen LogP) is 2.70. The fourth-order valence-corrected chi connectivity index (χ4v) is 3.41. The van der Waals surface area contributed by atoms with Crippen molar-refractivity contribution in [1.29, 1.82) is 0 Å². The Bertz CT molecular complexity index is 633. The topological polar surface area (TPSA) is 57.6 Å². The summed E-state index contributed by atoms with van der Waals surface area (Å²) in [5.74, 6) is -1.04. The Morgan fingerprint density at radius 3 is 2.62 bits per heavy atom. The third-order valence-corrected chi connectivity index (χ3v) is 4.53. The van der Waals surface area contributed by atoms with E-state index >= 15 is 0 Å². The molecule has 3 rings (SSSR count). The van der Waals surface area contributed by atoms with Gasteiger partial charge in [-0.2, -0.15) is 0 Å². The van der Waals surface area contributed by atoms with Gasteiger partial charge in [0, 0.05) is 12.1 Å². The van der Waals surface area contributed by atoms with E-state index in [9.17, 15) is 14.7 Å². The molecule has 21 heavy (non-hydrogen) atoms. The van der Waals surface area contributed by atoms with Crippen molar-refractivity contribution in [1.82, 2.24) is 4.90 Å². The number of carbonyl (C=O) groups excluding carboxylic acids is 1. The first kappa shape index (κ1) is 13.9. The number of allylic oxidation sites excluding steroid dienone is 1. The molecule has 1 aromatic carbocycles. The Hall–Kier alpha value is -2.10. The fraction of sp³-hybridized carbons (Fsp3) is 0.412. The van der Waals surface area contributed by atoms with Crippen LogP contribution in [0.15, 0.2) is 35.4 Å². The van der Waals surface area contributed by atoms with Crippen LogP contribution < -0.4 is 0 Å². The summed E-state index contributed by atoms with van der Waals surface area (Å²) in [6, 6.07) is 6.67. The third kappa shape index (κ3) is 2.35. The van der Waals surface area contributed by atoms with E-state index in [1.54, 1.807) is 0 Å². The lowest BCUT2D eigenvalue weighted by Gasteiger charge is -2.35. The summed E-state index contributed by atoms with van der Waals surface area (Å²) in [4.78, 5) is 26.0. The molecule has 1 aromatic rings. The van der Waals surface area contributed by atoms with Crippen LogP contribution in [0.4, 0.5) is 0 Å². The van der Waals surface area contributed by atoms with Crippen LogP contribution in [0.5, 0.6) is 0 Å². The average Bonchev–Trinajstić information content (AvgIpc) is 2.91. The monoisotopic (exact) mass is 285 g/mol. The van der Waals surface area contributed by atoms with Crippen molar-refractivity contribution < 1.29 is 14.7 Å². The van der Waals surface area contributed by atoms with Gasteiger partial charge in [-0.15, -0.1) is 0 Å². The van der Waals surface area contributed by atoms with Gasteiger partial charge in [0.1, 0.15) is 0 Å². The van der Waals surface area contributed by atoms with Gasteiger partial charge < -0.3 is 10.0 Å². The van der Waals surface area contributed by atoms with E-state index < -0.39 is 12.0 Å². The van der Waals surface area contributed by atoms with Crippen molar-refractivity contribution in [2.45, 2.75) is 38.6 Å². The number of hydrogen-bond acceptors (Lipinski definition) is 2. The van der Waals surface area contributed by atoms with Crippen LogP contribution in [0.2, 0.25) is 0 Å². The number of amides is 1. The third-order valence-electron chi connectivity index (χ3n) is 4.53. The van der Waals surface area contributed by atoms with E-state index in [2.05, 4.69) is 0 Å². The molecule has 1 atom stereocenters. The molecule has 0 bridgehead atoms. The zero-order valence-corrected chi connectivity index (χ0v) is 12.1. The van der Waals surface area contributed by atoms with Gasteiger partial charge in [-0.3, -0.25) is 4.79 Å². The molecule has 1 unspecified atom stereocenters. The Labute approximate surface area is 124 Å². The molecule has 1 aliphatic heterocycles. The summed E-state index contributed by atoms with van der Waals surface area (Å²) in [7, 11) is 0. The highest BCUT2D eigenvalue weighted by atomic mass is 16.4. The van der Waals surface area contributed by atoms with Gasteiger partial charge >= 0.3 is 5.97 Å². The molecule has 0 fully saturated rings. The van der Waals surface area contributed by atoms with E-state index in [4.69, 9.17) is 0 Å². The van der Waals surface area contributed by atoms with Crippen molar-refractivity contribution in [3.05, 3.63) is 46.5 Å². The van der Waals surface area contributed by atoms with Crippen LogP contribution in [0, 0.1) is 0 Å². The molecule has 0 saturated carbocycles. The molecule has 4 nitrogen and oxygen atoms in total. The van der Waals surface area contributed by atoms with E-state index in [-0.39, 0.29) is 5.91 Å². The maximum absolute atomic E-state index is 12.7. The van der Waals surface area contributed by atoms with Gasteiger partial charge in [0.25, 0.3) is 5.91 Å². The first-order chi connectivity index (χ1) is 10.1. The highest BCUT2D eigenvalue weighted by molar-refractivity contribution is 5.97. The number of carboxylic acids is 1. The number of aliphatic carboxylic acids is 1. The van der Waals surface area contributed by atoms with Gasteiger partial charge in [0.05, 0.1) is 0 Å². The van der Waals surface area contributed by atoms with Crippen LogP contribution >= 0.6 is 0 Å². The molecule has 2 aliphatic rings. The molecular weight excluding hydrogens is 266 g/mol. The second-order valence-corrected chi connectivity index (χ2v) is 5.80. The summed E-state index contributed by atoms with van der Waals surface area (Å²) in [6.45, 7) is 2.46. The summed E-state index contributed by atoms with van der Waals surface area (Å²) in [5.41, 5.74) is 3.72. The van der Waals surface area contributed by atoms with Gasteiger partial charge in [0.15, 0.2) is 6.04 Å². The molecule has 1 N–H and O–H groups in total. The van der Waals surface area contributed by atoms with Crippen molar-refractivity contribution in [3.63, 3.8) is 0 Å². The quantitative estimate of drug-likeness (QED) is 0.909. The van der Waals surface area contributed by atoms with Crippen LogP contribution in [0.1, 0.15) is 43.4 Å². The molecule has 0 radical (unpaired) electrons. The number of carboxylic acid groups (broad SMARTS) is 1. The highest BCUT2D eigenvalue weighted by Gasteiger charge is 2.37. The van der Waals surface area contributed by atoms with Gasteiger partial charge in [-0.1, -0.05) is 29.8 Å². The molecular formula is C17H19NO3. The Morgan fingerprint density at radius 1 is 1.19 bits per heavy atom. The first-order valence-corrected chi connectivity index (χ1v) is 7.40. The van der Waals surface area contributed by atoms with Crippen molar-refractivity contribution in [2.24, 2.45) is 0 Å². The number of carbonyl (C=O) groups is 2. The smallest absolute Gasteiger partial charge is 0.331 e. The number of hydrogen-bond donors (Lipinski definition) is 1. The van der Waals surface area contributed by atoms with E-state index in [0.29, 0.717) is 6.54 Å². The minimum atomic E-state index is -0.952. The Balaban J connectivity index is 1.98. The minimum absolute atomic E-state index is 0.0908. The predicted molar refractivity (Wildman–Crippen MR) is 78.8 cm³/mol. The molecule has 4 heteroatoms. The summed E-state index contributed by atoms with van der Waals surface area (Å²) < 4.78 is 0. The number of rotatable bonds is 2.